The van der Waals surface area contributed by atoms with Crippen LogP contribution in [0.5, 0.6) is 5.75 Å². The van der Waals surface area contributed by atoms with Crippen LogP contribution in [0.2, 0.25) is 0 Å². The Morgan fingerprint density at radius 2 is 2.06 bits per heavy atom. The average molecular weight is 520 g/mol. The quantitative estimate of drug-likeness (QED) is 0.177. The second-order valence-corrected chi connectivity index (χ2v) is 10.9. The second kappa shape index (κ2) is 11.5. The van der Waals surface area contributed by atoms with Crippen LogP contribution < -0.4 is 10.2 Å². The van der Waals surface area contributed by atoms with Gasteiger partial charge in [0, 0.05) is 21.4 Å². The number of hydrazone groups is 1. The Hall–Kier alpha value is -2.89. The largest absolute Gasteiger partial charge is 0.482 e. The van der Waals surface area contributed by atoms with Crippen molar-refractivity contribution in [2.75, 3.05) is 20.0 Å². The van der Waals surface area contributed by atoms with Crippen LogP contribution in [0, 0.1) is 0 Å². The van der Waals surface area contributed by atoms with Gasteiger partial charge in [-0.15, -0.1) is 34.4 Å². The molecule has 1 amide bonds. The van der Waals surface area contributed by atoms with Gasteiger partial charge in [-0.2, -0.15) is 5.10 Å². The number of nitrogens with one attached hydrogen (secondary N) is 1. The van der Waals surface area contributed by atoms with Crippen molar-refractivity contribution in [1.29, 1.82) is 0 Å². The fourth-order valence-electron chi connectivity index (χ4n) is 2.68. The Kier molecular flexibility index (Phi) is 8.70. The molecule has 0 radical (unpaired) electrons. The summed E-state index contributed by atoms with van der Waals surface area (Å²) in [6.07, 6.45) is 2.99. The molecule has 0 saturated heterocycles. The molecule has 0 aliphatic heterocycles. The van der Waals surface area contributed by atoms with Crippen LogP contribution in [0.3, 0.4) is 0 Å². The highest BCUT2D eigenvalue weighted by atomic mass is 32.2. The molecule has 1 aromatic carbocycles. The molecule has 0 unspecified atom stereocenters. The van der Waals surface area contributed by atoms with Crippen LogP contribution in [0.1, 0.15) is 25.6 Å². The van der Waals surface area contributed by atoms with Crippen LogP contribution in [-0.4, -0.2) is 48.8 Å². The van der Waals surface area contributed by atoms with Crippen LogP contribution in [-0.2, 0) is 14.3 Å². The van der Waals surface area contributed by atoms with Gasteiger partial charge in [0.2, 0.25) is 0 Å². The number of esters is 1. The van der Waals surface area contributed by atoms with Gasteiger partial charge in [0.25, 0.3) is 0 Å². The van der Waals surface area contributed by atoms with Crippen LogP contribution in [0.25, 0.3) is 21.8 Å². The highest BCUT2D eigenvalue weighted by molar-refractivity contribution is 8.00. The number of thiazole rings is 1. The van der Waals surface area contributed by atoms with Crippen molar-refractivity contribution in [3.63, 3.8) is 0 Å². The summed E-state index contributed by atoms with van der Waals surface area (Å²) >= 11 is 4.72. The standard InChI is InChI=1S/C23H25N3O5S3/c1-23(2,3)31-22(28)26-24-11-16-10-17(21(32-5)34-16)20-25-18(13-33-20)14-7-6-8-15(9-14)30-12-19(27)29-4/h6-11,13H,12H2,1-5H3,(H,26,28). The molecule has 0 aliphatic carbocycles. The molecular weight excluding hydrogens is 494 g/mol. The molecule has 3 rings (SSSR count). The summed E-state index contributed by atoms with van der Waals surface area (Å²) in [6, 6.07) is 9.40. The second-order valence-electron chi connectivity index (χ2n) is 7.86. The summed E-state index contributed by atoms with van der Waals surface area (Å²) in [5.74, 6) is 0.123. The number of hydrogen-bond donors (Lipinski definition) is 1. The third-order valence-electron chi connectivity index (χ3n) is 4.10. The molecule has 0 bridgehead atoms. The molecule has 1 N–H and O–H groups in total. The first-order valence-electron chi connectivity index (χ1n) is 10.1. The highest BCUT2D eigenvalue weighted by Crippen LogP contribution is 2.40. The molecule has 0 atom stereocenters. The van der Waals surface area contributed by atoms with E-state index in [0.717, 1.165) is 30.9 Å². The van der Waals surface area contributed by atoms with E-state index in [1.165, 1.54) is 18.4 Å². The van der Waals surface area contributed by atoms with Gasteiger partial charge in [0.05, 0.1) is 23.2 Å². The van der Waals surface area contributed by atoms with E-state index in [2.05, 4.69) is 15.3 Å². The first-order chi connectivity index (χ1) is 16.2. The van der Waals surface area contributed by atoms with E-state index in [9.17, 15) is 9.59 Å². The molecule has 11 heteroatoms. The zero-order valence-corrected chi connectivity index (χ0v) is 21.9. The molecule has 3 aromatic rings. The van der Waals surface area contributed by atoms with Crippen molar-refractivity contribution in [1.82, 2.24) is 10.4 Å². The van der Waals surface area contributed by atoms with Crippen LogP contribution in [0.4, 0.5) is 4.79 Å². The van der Waals surface area contributed by atoms with E-state index in [-0.39, 0.29) is 6.61 Å². The Morgan fingerprint density at radius 3 is 2.76 bits per heavy atom. The lowest BCUT2D eigenvalue weighted by Gasteiger charge is -2.18. The van der Waals surface area contributed by atoms with E-state index >= 15 is 0 Å². The number of amides is 1. The molecular formula is C23H25N3O5S3. The first kappa shape index (κ1) is 25.7. The van der Waals surface area contributed by atoms with Crippen molar-refractivity contribution in [3.05, 3.63) is 40.6 Å². The maximum atomic E-state index is 11.8. The van der Waals surface area contributed by atoms with Gasteiger partial charge < -0.3 is 14.2 Å². The van der Waals surface area contributed by atoms with Gasteiger partial charge in [-0.3, -0.25) is 0 Å². The summed E-state index contributed by atoms with van der Waals surface area (Å²) in [6.45, 7) is 5.23. The molecule has 8 nitrogen and oxygen atoms in total. The Morgan fingerprint density at radius 1 is 1.26 bits per heavy atom. The topological polar surface area (TPSA) is 99.1 Å². The summed E-state index contributed by atoms with van der Waals surface area (Å²) in [5.41, 5.74) is 4.49. The normalized spacial score (nSPS) is 11.4. The molecule has 0 aliphatic rings. The number of nitrogens with zero attached hydrogens (tertiary/aromatic N) is 2. The molecule has 0 saturated carbocycles. The Labute approximate surface area is 210 Å². The molecule has 2 aromatic heterocycles. The third-order valence-corrected chi connectivity index (χ3v) is 7.18. The predicted octanol–water partition coefficient (Wildman–Crippen LogP) is 5.67. The summed E-state index contributed by atoms with van der Waals surface area (Å²) < 4.78 is 16.4. The van der Waals surface area contributed by atoms with E-state index in [1.54, 1.807) is 56.2 Å². The molecule has 34 heavy (non-hydrogen) atoms. The lowest BCUT2D eigenvalue weighted by Crippen LogP contribution is -2.29. The molecule has 0 spiro atoms. The van der Waals surface area contributed by atoms with Gasteiger partial charge in [0.15, 0.2) is 6.61 Å². The SMILES string of the molecule is COC(=O)COc1cccc(-c2csc(-c3cc(C=NNC(=O)OC(C)(C)C)sc3SC)n2)c1. The van der Waals surface area contributed by atoms with Gasteiger partial charge in [-0.1, -0.05) is 12.1 Å². The van der Waals surface area contributed by atoms with Crippen molar-refractivity contribution >= 4 is 52.7 Å². The van der Waals surface area contributed by atoms with Gasteiger partial charge in [-0.05, 0) is 45.2 Å². The monoisotopic (exact) mass is 519 g/mol. The number of carbonyl (C=O) groups excluding carboxylic acids is 2. The van der Waals surface area contributed by atoms with Gasteiger partial charge >= 0.3 is 12.1 Å². The number of hydrogen-bond acceptors (Lipinski definition) is 10. The number of carbonyl (C=O) groups is 2. The lowest BCUT2D eigenvalue weighted by atomic mass is 10.1. The minimum Gasteiger partial charge on any atom is -0.482 e. The van der Waals surface area contributed by atoms with Gasteiger partial charge in [0.1, 0.15) is 16.4 Å². The fourth-order valence-corrected chi connectivity index (χ4v) is 5.42. The molecule has 2 heterocycles. The summed E-state index contributed by atoms with van der Waals surface area (Å²) in [5, 5.41) is 6.85. The maximum Gasteiger partial charge on any atom is 0.428 e. The summed E-state index contributed by atoms with van der Waals surface area (Å²) in [7, 11) is 1.32. The zero-order valence-electron chi connectivity index (χ0n) is 19.4. The summed E-state index contributed by atoms with van der Waals surface area (Å²) in [4.78, 5) is 28.8. The number of ether oxygens (including phenoxy) is 3. The number of methoxy groups -OCH3 is 1. The van der Waals surface area contributed by atoms with Crippen molar-refractivity contribution < 1.29 is 23.8 Å². The smallest absolute Gasteiger partial charge is 0.428 e. The predicted molar refractivity (Wildman–Crippen MR) is 137 cm³/mol. The number of thioether (sulfide) groups is 1. The minimum atomic E-state index is -0.604. The van der Waals surface area contributed by atoms with Gasteiger partial charge in [-0.25, -0.2) is 20.0 Å². The van der Waals surface area contributed by atoms with E-state index < -0.39 is 17.7 Å². The Balaban J connectivity index is 1.74. The highest BCUT2D eigenvalue weighted by Gasteiger charge is 2.16. The number of aromatic nitrogens is 1. The third kappa shape index (κ3) is 7.31. The minimum absolute atomic E-state index is 0.151. The first-order valence-corrected chi connectivity index (χ1v) is 13.1. The number of thiophene rings is 1. The van der Waals surface area contributed by atoms with Crippen molar-refractivity contribution in [3.8, 4) is 27.6 Å². The molecule has 180 valence electrons. The van der Waals surface area contributed by atoms with E-state index in [0.29, 0.717) is 5.75 Å². The Bertz CT molecular complexity index is 1180. The average Bonchev–Trinajstić information content (AvgIpc) is 3.43. The van der Waals surface area contributed by atoms with Crippen LogP contribution in [0.15, 0.2) is 45.0 Å². The van der Waals surface area contributed by atoms with Crippen molar-refractivity contribution in [2.24, 2.45) is 5.10 Å². The van der Waals surface area contributed by atoms with E-state index in [1.807, 2.05) is 35.9 Å². The van der Waals surface area contributed by atoms with Crippen molar-refractivity contribution in [2.45, 2.75) is 30.6 Å². The zero-order chi connectivity index (χ0) is 24.7. The van der Waals surface area contributed by atoms with Crippen LogP contribution >= 0.6 is 34.4 Å². The van der Waals surface area contributed by atoms with E-state index in [4.69, 9.17) is 14.5 Å². The fraction of sp³-hybridized carbons (Fsp3) is 0.304. The molecule has 0 fully saturated rings. The number of benzene rings is 1. The maximum absolute atomic E-state index is 11.8. The lowest BCUT2D eigenvalue weighted by molar-refractivity contribution is -0.142. The number of rotatable bonds is 8.